The third-order valence-corrected chi connectivity index (χ3v) is 5.03. The van der Waals surface area contributed by atoms with Crippen molar-refractivity contribution in [2.24, 2.45) is 7.05 Å². The molecule has 0 unspecified atom stereocenters. The minimum Gasteiger partial charge on any atom is -0.237 e. The van der Waals surface area contributed by atoms with E-state index in [2.05, 4.69) is 84.9 Å². The molecule has 0 fully saturated rings. The van der Waals surface area contributed by atoms with Crippen LogP contribution in [0.15, 0.2) is 61.1 Å². The standard InChI is InChI=1S/C23H22N3/c1-15-11-16(2)17(3)20(12-15)22-13-21-18(14-26(22)4)7-5-8-19(21)23-24-9-6-10-25-23/h5-14H,1-4H3/q+1. The molecule has 2 aromatic carbocycles. The van der Waals surface area contributed by atoms with E-state index in [0.717, 1.165) is 11.4 Å². The van der Waals surface area contributed by atoms with Gasteiger partial charge in [0.1, 0.15) is 7.05 Å². The topological polar surface area (TPSA) is 29.7 Å². The van der Waals surface area contributed by atoms with Crippen molar-refractivity contribution in [3.63, 3.8) is 0 Å². The molecular formula is C23H22N3+. The highest BCUT2D eigenvalue weighted by Gasteiger charge is 2.18. The van der Waals surface area contributed by atoms with Crippen LogP contribution in [0.2, 0.25) is 0 Å². The van der Waals surface area contributed by atoms with Gasteiger partial charge >= 0.3 is 0 Å². The van der Waals surface area contributed by atoms with Gasteiger partial charge in [0.05, 0.1) is 0 Å². The van der Waals surface area contributed by atoms with Crippen molar-refractivity contribution >= 4 is 10.8 Å². The van der Waals surface area contributed by atoms with Gasteiger partial charge in [-0.1, -0.05) is 23.8 Å². The van der Waals surface area contributed by atoms with Crippen LogP contribution in [-0.2, 0) is 7.05 Å². The van der Waals surface area contributed by atoms with Crippen molar-refractivity contribution < 1.29 is 4.57 Å². The average molecular weight is 340 g/mol. The number of benzene rings is 2. The summed E-state index contributed by atoms with van der Waals surface area (Å²) < 4.78 is 2.21. The molecule has 26 heavy (non-hydrogen) atoms. The first kappa shape index (κ1) is 16.4. The Bertz CT molecular complexity index is 1120. The van der Waals surface area contributed by atoms with Gasteiger partial charge in [0, 0.05) is 40.4 Å². The molecule has 0 aliphatic heterocycles. The summed E-state index contributed by atoms with van der Waals surface area (Å²) in [5.41, 5.74) is 7.45. The summed E-state index contributed by atoms with van der Waals surface area (Å²) in [6, 6.07) is 14.9. The Morgan fingerprint density at radius 1 is 0.846 bits per heavy atom. The zero-order valence-corrected chi connectivity index (χ0v) is 15.6. The fourth-order valence-corrected chi connectivity index (χ4v) is 3.58. The summed E-state index contributed by atoms with van der Waals surface area (Å²) in [5, 5.41) is 2.36. The van der Waals surface area contributed by atoms with Crippen LogP contribution < -0.4 is 4.57 Å². The van der Waals surface area contributed by atoms with E-state index in [-0.39, 0.29) is 0 Å². The van der Waals surface area contributed by atoms with E-state index >= 15 is 0 Å². The van der Waals surface area contributed by atoms with Crippen molar-refractivity contribution in [2.75, 3.05) is 0 Å². The number of rotatable bonds is 2. The number of hydrogen-bond acceptors (Lipinski definition) is 2. The predicted molar refractivity (Wildman–Crippen MR) is 106 cm³/mol. The number of aryl methyl sites for hydroxylation is 3. The van der Waals surface area contributed by atoms with E-state index in [0.29, 0.717) is 0 Å². The largest absolute Gasteiger partial charge is 0.237 e. The van der Waals surface area contributed by atoms with Gasteiger partial charge < -0.3 is 0 Å². The first-order valence-electron chi connectivity index (χ1n) is 8.82. The van der Waals surface area contributed by atoms with E-state index in [1.807, 2.05) is 6.07 Å². The van der Waals surface area contributed by atoms with Gasteiger partial charge in [0.2, 0.25) is 5.69 Å². The molecule has 3 nitrogen and oxygen atoms in total. The van der Waals surface area contributed by atoms with Crippen molar-refractivity contribution in [1.29, 1.82) is 0 Å². The molecule has 4 rings (SSSR count). The van der Waals surface area contributed by atoms with Crippen molar-refractivity contribution in [3.05, 3.63) is 77.7 Å². The average Bonchev–Trinajstić information content (AvgIpc) is 2.64. The molecule has 2 heterocycles. The summed E-state index contributed by atoms with van der Waals surface area (Å²) in [4.78, 5) is 8.90. The molecular weight excluding hydrogens is 318 g/mol. The Balaban J connectivity index is 2.03. The first-order chi connectivity index (χ1) is 12.5. The monoisotopic (exact) mass is 340 g/mol. The summed E-state index contributed by atoms with van der Waals surface area (Å²) in [7, 11) is 2.11. The van der Waals surface area contributed by atoms with Crippen molar-refractivity contribution in [2.45, 2.75) is 20.8 Å². The minimum atomic E-state index is 0.759. The highest BCUT2D eigenvalue weighted by molar-refractivity contribution is 5.95. The zero-order chi connectivity index (χ0) is 18.3. The molecule has 0 aliphatic carbocycles. The lowest BCUT2D eigenvalue weighted by Crippen LogP contribution is -2.30. The summed E-state index contributed by atoms with van der Waals surface area (Å²) in [6.45, 7) is 6.52. The second-order valence-corrected chi connectivity index (χ2v) is 6.90. The molecule has 0 spiro atoms. The van der Waals surface area contributed by atoms with E-state index in [1.165, 1.54) is 38.7 Å². The van der Waals surface area contributed by atoms with Gasteiger partial charge in [0.25, 0.3) is 0 Å². The van der Waals surface area contributed by atoms with E-state index < -0.39 is 0 Å². The summed E-state index contributed by atoms with van der Waals surface area (Å²) in [6.07, 6.45) is 5.77. The third kappa shape index (κ3) is 2.76. The van der Waals surface area contributed by atoms with Crippen molar-refractivity contribution in [3.8, 4) is 22.6 Å². The van der Waals surface area contributed by atoms with Crippen LogP contribution >= 0.6 is 0 Å². The van der Waals surface area contributed by atoms with Crippen LogP contribution in [-0.4, -0.2) is 9.97 Å². The van der Waals surface area contributed by atoms with Crippen LogP contribution in [0.1, 0.15) is 16.7 Å². The molecule has 0 radical (unpaired) electrons. The SMILES string of the molecule is Cc1cc(C)c(C)c(-c2cc3c(-c4ncccn4)cccc3c[n+]2C)c1. The van der Waals surface area contributed by atoms with Crippen LogP contribution in [0.4, 0.5) is 0 Å². The lowest BCUT2D eigenvalue weighted by Gasteiger charge is -2.11. The highest BCUT2D eigenvalue weighted by Crippen LogP contribution is 2.30. The molecule has 4 aromatic rings. The molecule has 0 N–H and O–H groups in total. The second-order valence-electron chi connectivity index (χ2n) is 6.90. The quantitative estimate of drug-likeness (QED) is 0.495. The maximum atomic E-state index is 4.45. The van der Waals surface area contributed by atoms with Crippen LogP contribution in [0.25, 0.3) is 33.4 Å². The van der Waals surface area contributed by atoms with Crippen LogP contribution in [0.3, 0.4) is 0 Å². The Labute approximate surface area is 154 Å². The predicted octanol–water partition coefficient (Wildman–Crippen LogP) is 4.71. The number of nitrogens with zero attached hydrogens (tertiary/aromatic N) is 3. The molecule has 128 valence electrons. The van der Waals surface area contributed by atoms with Gasteiger partial charge in [-0.15, -0.1) is 0 Å². The molecule has 0 amide bonds. The number of hydrogen-bond donors (Lipinski definition) is 0. The van der Waals surface area contributed by atoms with E-state index in [9.17, 15) is 0 Å². The highest BCUT2D eigenvalue weighted by atomic mass is 14.9. The number of aromatic nitrogens is 3. The molecule has 0 saturated heterocycles. The van der Waals surface area contributed by atoms with Crippen molar-refractivity contribution in [1.82, 2.24) is 9.97 Å². The summed E-state index contributed by atoms with van der Waals surface area (Å²) in [5.74, 6) is 0.759. The minimum absolute atomic E-state index is 0.759. The molecule has 0 bridgehead atoms. The second kappa shape index (κ2) is 6.34. The maximum Gasteiger partial charge on any atom is 0.213 e. The van der Waals surface area contributed by atoms with E-state index in [4.69, 9.17) is 0 Å². The fourth-order valence-electron chi connectivity index (χ4n) is 3.58. The van der Waals surface area contributed by atoms with Gasteiger partial charge in [-0.05, 0) is 50.1 Å². The smallest absolute Gasteiger partial charge is 0.213 e. The fraction of sp³-hybridized carbons (Fsp3) is 0.174. The molecule has 2 aromatic heterocycles. The maximum absolute atomic E-state index is 4.45. The molecule has 0 aliphatic rings. The Hall–Kier alpha value is -3.07. The number of pyridine rings is 1. The van der Waals surface area contributed by atoms with Gasteiger partial charge in [0.15, 0.2) is 12.0 Å². The summed E-state index contributed by atoms with van der Waals surface area (Å²) >= 11 is 0. The Morgan fingerprint density at radius 2 is 1.62 bits per heavy atom. The van der Waals surface area contributed by atoms with Crippen LogP contribution in [0, 0.1) is 20.8 Å². The number of fused-ring (bicyclic) bond motifs is 1. The Morgan fingerprint density at radius 3 is 2.38 bits per heavy atom. The van der Waals surface area contributed by atoms with Gasteiger partial charge in [-0.2, -0.15) is 0 Å². The lowest BCUT2D eigenvalue weighted by molar-refractivity contribution is -0.659. The van der Waals surface area contributed by atoms with Crippen LogP contribution in [0.5, 0.6) is 0 Å². The van der Waals surface area contributed by atoms with E-state index in [1.54, 1.807) is 12.4 Å². The Kier molecular flexibility index (Phi) is 4.00. The lowest BCUT2D eigenvalue weighted by atomic mass is 9.95. The molecule has 3 heteroatoms. The molecule has 0 saturated carbocycles. The first-order valence-corrected chi connectivity index (χ1v) is 8.82. The van der Waals surface area contributed by atoms with Gasteiger partial charge in [-0.25, -0.2) is 14.5 Å². The molecule has 0 atom stereocenters. The zero-order valence-electron chi connectivity index (χ0n) is 15.6. The third-order valence-electron chi connectivity index (χ3n) is 5.03. The normalized spacial score (nSPS) is 11.1. The van der Waals surface area contributed by atoms with Gasteiger partial charge in [-0.3, -0.25) is 0 Å².